The van der Waals surface area contributed by atoms with Gasteiger partial charge in [0.1, 0.15) is 5.75 Å². The minimum Gasteiger partial charge on any atom is -0.485 e. The second kappa shape index (κ2) is 6.13. The fourth-order valence-electron chi connectivity index (χ4n) is 5.56. The molecule has 2 saturated carbocycles. The average molecular weight is 405 g/mol. The van der Waals surface area contributed by atoms with Crippen molar-refractivity contribution in [2.45, 2.75) is 6.42 Å². The zero-order chi connectivity index (χ0) is 19.7. The minimum atomic E-state index is -0.194. The predicted octanol–water partition coefficient (Wildman–Crippen LogP) is 3.57. The maximum atomic E-state index is 13.1. The van der Waals surface area contributed by atoms with Gasteiger partial charge >= 0.3 is 0 Å². The van der Waals surface area contributed by atoms with Crippen LogP contribution in [0.1, 0.15) is 16.1 Å². The quantitative estimate of drug-likeness (QED) is 0.433. The molecule has 2 bridgehead atoms. The maximum absolute atomic E-state index is 13.1. The molecule has 6 heteroatoms. The number of thiophene rings is 1. The number of carbonyl (C=O) groups excluding carboxylic acids is 3. The van der Waals surface area contributed by atoms with E-state index in [9.17, 15) is 14.4 Å². The van der Waals surface area contributed by atoms with E-state index >= 15 is 0 Å². The molecule has 4 aliphatic carbocycles. The molecule has 2 amide bonds. The van der Waals surface area contributed by atoms with Crippen LogP contribution in [0.25, 0.3) is 0 Å². The third-order valence-corrected chi connectivity index (χ3v) is 7.83. The van der Waals surface area contributed by atoms with Crippen molar-refractivity contribution in [2.24, 2.45) is 35.5 Å². The molecule has 2 heterocycles. The van der Waals surface area contributed by atoms with Gasteiger partial charge in [-0.2, -0.15) is 0 Å². The molecule has 5 aliphatic rings. The molecule has 0 unspecified atom stereocenters. The third kappa shape index (κ3) is 2.48. The number of amides is 2. The standard InChI is InChI=1S/C23H19NO4S/c25-18(19-2-1-9-29-19)11-28-13-5-3-12(4-6-13)24-22(26)20-14-7-8-15(17-10-16(14)17)21(20)23(24)27/h1-9,14-17,20-21H,10-11H2/t14-,15+,16-,17-,20+,21+/m1/s1. The van der Waals surface area contributed by atoms with Crippen LogP contribution in [-0.4, -0.2) is 24.2 Å². The lowest BCUT2D eigenvalue weighted by Crippen LogP contribution is -2.40. The smallest absolute Gasteiger partial charge is 0.238 e. The van der Waals surface area contributed by atoms with Crippen molar-refractivity contribution >= 4 is 34.6 Å². The van der Waals surface area contributed by atoms with Gasteiger partial charge in [0.25, 0.3) is 0 Å². The molecule has 29 heavy (non-hydrogen) atoms. The highest BCUT2D eigenvalue weighted by Gasteiger charge is 2.67. The summed E-state index contributed by atoms with van der Waals surface area (Å²) in [7, 11) is 0. The molecule has 3 fully saturated rings. The van der Waals surface area contributed by atoms with Crippen LogP contribution in [0.5, 0.6) is 5.75 Å². The summed E-state index contributed by atoms with van der Waals surface area (Å²) in [4.78, 5) is 40.4. The summed E-state index contributed by atoms with van der Waals surface area (Å²) in [5.41, 5.74) is 0.583. The second-order valence-electron chi connectivity index (χ2n) is 8.35. The van der Waals surface area contributed by atoms with Gasteiger partial charge in [-0.15, -0.1) is 11.3 Å². The van der Waals surface area contributed by atoms with Crippen molar-refractivity contribution in [3.63, 3.8) is 0 Å². The highest BCUT2D eigenvalue weighted by molar-refractivity contribution is 7.12. The lowest BCUT2D eigenvalue weighted by molar-refractivity contribution is -0.124. The zero-order valence-corrected chi connectivity index (χ0v) is 16.4. The van der Waals surface area contributed by atoms with Crippen LogP contribution < -0.4 is 9.64 Å². The Kier molecular flexibility index (Phi) is 3.63. The SMILES string of the molecule is O=C(COc1ccc(N2C(=O)[C@H]3[C@@H]4C=C[C@@H]([C@H]5C[C@H]45)[C@@H]3C2=O)cc1)c1cccs1. The molecule has 1 aromatic heterocycles. The summed E-state index contributed by atoms with van der Waals surface area (Å²) < 4.78 is 5.58. The van der Waals surface area contributed by atoms with E-state index in [1.54, 1.807) is 30.3 Å². The highest BCUT2D eigenvalue weighted by atomic mass is 32.1. The molecular weight excluding hydrogens is 386 g/mol. The van der Waals surface area contributed by atoms with E-state index in [1.807, 2.05) is 11.4 Å². The van der Waals surface area contributed by atoms with E-state index in [4.69, 9.17) is 4.74 Å². The molecule has 1 aromatic carbocycles. The van der Waals surface area contributed by atoms with Crippen molar-refractivity contribution in [2.75, 3.05) is 11.5 Å². The average Bonchev–Trinajstić information content (AvgIpc) is 3.31. The van der Waals surface area contributed by atoms with Gasteiger partial charge in [-0.3, -0.25) is 19.3 Å². The fourth-order valence-corrected chi connectivity index (χ4v) is 6.21. The van der Waals surface area contributed by atoms with Crippen LogP contribution in [0.3, 0.4) is 0 Å². The Morgan fingerprint density at radius 2 is 1.66 bits per heavy atom. The number of nitrogens with zero attached hydrogens (tertiary/aromatic N) is 1. The first-order valence-electron chi connectivity index (χ1n) is 9.99. The largest absolute Gasteiger partial charge is 0.485 e. The molecule has 0 spiro atoms. The third-order valence-electron chi connectivity index (χ3n) is 6.92. The number of hydrogen-bond acceptors (Lipinski definition) is 5. The van der Waals surface area contributed by atoms with Crippen LogP contribution in [0, 0.1) is 35.5 Å². The van der Waals surface area contributed by atoms with Crippen LogP contribution in [0.4, 0.5) is 5.69 Å². The van der Waals surface area contributed by atoms with Crippen molar-refractivity contribution in [1.82, 2.24) is 0 Å². The number of Topliss-reactive ketones (excluding diaryl/α,β-unsaturated/α-hetero) is 1. The first kappa shape index (κ1) is 17.2. The number of anilines is 1. The van der Waals surface area contributed by atoms with Gasteiger partial charge in [0, 0.05) is 0 Å². The summed E-state index contributed by atoms with van der Waals surface area (Å²) >= 11 is 1.39. The van der Waals surface area contributed by atoms with Gasteiger partial charge in [0.05, 0.1) is 22.4 Å². The van der Waals surface area contributed by atoms with E-state index in [0.717, 1.165) is 6.42 Å². The van der Waals surface area contributed by atoms with E-state index in [1.165, 1.54) is 16.2 Å². The Morgan fingerprint density at radius 3 is 2.24 bits per heavy atom. The minimum absolute atomic E-state index is 0.0383. The first-order chi connectivity index (χ1) is 14.1. The van der Waals surface area contributed by atoms with Crippen molar-refractivity contribution in [1.29, 1.82) is 0 Å². The second-order valence-corrected chi connectivity index (χ2v) is 9.30. The van der Waals surface area contributed by atoms with Gasteiger partial charge in [-0.05, 0) is 65.8 Å². The molecular formula is C23H19NO4S. The van der Waals surface area contributed by atoms with Crippen molar-refractivity contribution in [3.8, 4) is 5.75 Å². The Hall–Kier alpha value is -2.73. The molecule has 146 valence electrons. The van der Waals surface area contributed by atoms with Crippen LogP contribution in [-0.2, 0) is 9.59 Å². The van der Waals surface area contributed by atoms with Gasteiger partial charge in [-0.1, -0.05) is 18.2 Å². The summed E-state index contributed by atoms with van der Waals surface area (Å²) in [5, 5.41) is 1.86. The Labute approximate surface area is 172 Å². The molecule has 7 rings (SSSR count). The maximum Gasteiger partial charge on any atom is 0.238 e. The first-order valence-corrected chi connectivity index (χ1v) is 10.9. The van der Waals surface area contributed by atoms with E-state index in [0.29, 0.717) is 28.1 Å². The summed E-state index contributed by atoms with van der Waals surface area (Å²) in [6.07, 6.45) is 5.51. The lowest BCUT2D eigenvalue weighted by atomic mass is 9.63. The molecule has 0 N–H and O–H groups in total. The number of ketones is 1. The van der Waals surface area contributed by atoms with E-state index < -0.39 is 0 Å². The monoisotopic (exact) mass is 405 g/mol. The molecule has 1 saturated heterocycles. The summed E-state index contributed by atoms with van der Waals surface area (Å²) in [5.74, 6) is 1.60. The van der Waals surface area contributed by atoms with E-state index in [2.05, 4.69) is 12.2 Å². The number of ether oxygens (including phenoxy) is 1. The fraction of sp³-hybridized carbons (Fsp3) is 0.348. The zero-order valence-electron chi connectivity index (χ0n) is 15.6. The number of hydrogen-bond donors (Lipinski definition) is 0. The Bertz CT molecular complexity index is 1010. The predicted molar refractivity (Wildman–Crippen MR) is 108 cm³/mol. The number of carbonyl (C=O) groups is 3. The summed E-state index contributed by atoms with van der Waals surface area (Å²) in [6, 6.07) is 10.5. The Morgan fingerprint density at radius 1 is 1.00 bits per heavy atom. The van der Waals surface area contributed by atoms with Gasteiger partial charge in [0.15, 0.2) is 6.61 Å². The number of imide groups is 1. The summed E-state index contributed by atoms with van der Waals surface area (Å²) in [6.45, 7) is -0.0383. The normalized spacial score (nSPS) is 33.6. The number of allylic oxidation sites excluding steroid dienone is 2. The Balaban J connectivity index is 1.19. The molecule has 5 nitrogen and oxygen atoms in total. The molecule has 0 radical (unpaired) electrons. The van der Waals surface area contributed by atoms with Gasteiger partial charge in [0.2, 0.25) is 17.6 Å². The lowest BCUT2D eigenvalue weighted by Gasteiger charge is -2.37. The molecule has 1 aliphatic heterocycles. The van der Waals surface area contributed by atoms with Gasteiger partial charge < -0.3 is 4.74 Å². The number of benzene rings is 1. The van der Waals surface area contributed by atoms with Crippen molar-refractivity contribution < 1.29 is 19.1 Å². The molecule has 2 aromatic rings. The van der Waals surface area contributed by atoms with Gasteiger partial charge in [-0.25, -0.2) is 0 Å². The number of rotatable bonds is 5. The van der Waals surface area contributed by atoms with Crippen LogP contribution in [0.15, 0.2) is 53.9 Å². The molecule has 6 atom stereocenters. The highest BCUT2D eigenvalue weighted by Crippen LogP contribution is 2.65. The topological polar surface area (TPSA) is 63.7 Å². The van der Waals surface area contributed by atoms with Crippen molar-refractivity contribution in [3.05, 3.63) is 58.8 Å². The van der Waals surface area contributed by atoms with Crippen LogP contribution in [0.2, 0.25) is 0 Å². The van der Waals surface area contributed by atoms with Crippen LogP contribution >= 0.6 is 11.3 Å². The van der Waals surface area contributed by atoms with E-state index in [-0.39, 0.29) is 47.9 Å².